The summed E-state index contributed by atoms with van der Waals surface area (Å²) in [5, 5.41) is 0. The van der Waals surface area contributed by atoms with Gasteiger partial charge in [0.1, 0.15) is 0 Å². The molecule has 1 unspecified atom stereocenters. The molecular weight excluding hydrogens is 240 g/mol. The second kappa shape index (κ2) is 5.63. The summed E-state index contributed by atoms with van der Waals surface area (Å²) >= 11 is 0. The van der Waals surface area contributed by atoms with Gasteiger partial charge in [-0.1, -0.05) is 12.1 Å². The molecule has 2 N–H and O–H groups in total. The normalized spacial score (nSPS) is 17.4. The summed E-state index contributed by atoms with van der Waals surface area (Å²) in [6.07, 6.45) is 1.96. The molecule has 102 valence electrons. The van der Waals surface area contributed by atoms with Gasteiger partial charge in [0.15, 0.2) is 11.6 Å². The molecule has 1 atom stereocenters. The molecule has 0 radical (unpaired) electrons. The number of benzene rings is 1. The number of likely N-dealkylation sites (tertiary alicyclic amines) is 1. The maximum absolute atomic E-state index is 11.7. The third kappa shape index (κ3) is 2.91. The molecule has 0 amide bonds. The lowest BCUT2D eigenvalue weighted by atomic mass is 9.97. The average Bonchev–Trinajstić information content (AvgIpc) is 2.90. The Balaban J connectivity index is 2.41. The highest BCUT2D eigenvalue weighted by atomic mass is 16.1. The first-order chi connectivity index (χ1) is 9.00. The van der Waals surface area contributed by atoms with E-state index < -0.39 is 0 Å². The van der Waals surface area contributed by atoms with Gasteiger partial charge in [0.05, 0.1) is 6.17 Å². The molecule has 0 saturated carbocycles. The number of Topliss-reactive ketones (excluding diaryl/α,β-unsaturated/α-hetero) is 2. The summed E-state index contributed by atoms with van der Waals surface area (Å²) in [5.41, 5.74) is 8.26. The Morgan fingerprint density at radius 3 is 2.32 bits per heavy atom. The van der Waals surface area contributed by atoms with Gasteiger partial charge in [0.2, 0.25) is 0 Å². The first-order valence-corrected chi connectivity index (χ1v) is 6.66. The number of hydrogen-bond acceptors (Lipinski definition) is 4. The number of ketones is 2. The SMILES string of the molecule is CC(=O)c1ccc(C(C)=O)c(C(N)N2CCCC2)c1. The highest BCUT2D eigenvalue weighted by molar-refractivity contribution is 5.99. The van der Waals surface area contributed by atoms with Crippen LogP contribution in [0.15, 0.2) is 18.2 Å². The van der Waals surface area contributed by atoms with Gasteiger partial charge in [0, 0.05) is 11.1 Å². The minimum absolute atomic E-state index is 0.00928. The van der Waals surface area contributed by atoms with Gasteiger partial charge in [-0.2, -0.15) is 0 Å². The van der Waals surface area contributed by atoms with Crippen molar-refractivity contribution in [3.63, 3.8) is 0 Å². The average molecular weight is 260 g/mol. The molecule has 4 heteroatoms. The van der Waals surface area contributed by atoms with Crippen molar-refractivity contribution in [1.29, 1.82) is 0 Å². The van der Waals surface area contributed by atoms with Crippen LogP contribution in [0.2, 0.25) is 0 Å². The van der Waals surface area contributed by atoms with Crippen molar-refractivity contribution in [3.05, 3.63) is 34.9 Å². The lowest BCUT2D eigenvalue weighted by Gasteiger charge is -2.25. The molecule has 1 aromatic carbocycles. The summed E-state index contributed by atoms with van der Waals surface area (Å²) in [5.74, 6) is -0.0234. The fourth-order valence-electron chi connectivity index (χ4n) is 2.56. The van der Waals surface area contributed by atoms with E-state index in [9.17, 15) is 9.59 Å². The second-order valence-electron chi connectivity index (χ2n) is 5.10. The molecule has 0 spiro atoms. The molecule has 4 nitrogen and oxygen atoms in total. The number of rotatable bonds is 4. The van der Waals surface area contributed by atoms with Gasteiger partial charge in [-0.25, -0.2) is 0 Å². The van der Waals surface area contributed by atoms with Crippen LogP contribution in [0.3, 0.4) is 0 Å². The zero-order valence-corrected chi connectivity index (χ0v) is 11.5. The maximum atomic E-state index is 11.7. The van der Waals surface area contributed by atoms with E-state index in [2.05, 4.69) is 4.90 Å². The van der Waals surface area contributed by atoms with Gasteiger partial charge in [-0.05, 0) is 51.4 Å². The quantitative estimate of drug-likeness (QED) is 0.842. The largest absolute Gasteiger partial charge is 0.312 e. The molecule has 1 saturated heterocycles. The van der Waals surface area contributed by atoms with E-state index in [-0.39, 0.29) is 17.7 Å². The van der Waals surface area contributed by atoms with Crippen LogP contribution in [0.1, 0.15) is 59.1 Å². The van der Waals surface area contributed by atoms with Crippen molar-refractivity contribution >= 4 is 11.6 Å². The lowest BCUT2D eigenvalue weighted by Crippen LogP contribution is -2.33. The standard InChI is InChI=1S/C15H20N2O2/c1-10(18)12-5-6-13(11(2)19)14(9-12)15(16)17-7-3-4-8-17/h5-6,9,15H,3-4,7-8,16H2,1-2H3. The van der Waals surface area contributed by atoms with Gasteiger partial charge >= 0.3 is 0 Å². The zero-order chi connectivity index (χ0) is 14.0. The number of nitrogens with two attached hydrogens (primary N) is 1. The van der Waals surface area contributed by atoms with E-state index in [0.29, 0.717) is 11.1 Å². The monoisotopic (exact) mass is 260 g/mol. The van der Waals surface area contributed by atoms with Gasteiger partial charge < -0.3 is 5.73 Å². The van der Waals surface area contributed by atoms with E-state index in [1.165, 1.54) is 13.8 Å². The Labute approximate surface area is 113 Å². The van der Waals surface area contributed by atoms with E-state index >= 15 is 0 Å². The summed E-state index contributed by atoms with van der Waals surface area (Å²) in [7, 11) is 0. The molecule has 0 aliphatic carbocycles. The van der Waals surface area contributed by atoms with Crippen molar-refractivity contribution < 1.29 is 9.59 Å². The maximum Gasteiger partial charge on any atom is 0.160 e. The first kappa shape index (κ1) is 13.9. The van der Waals surface area contributed by atoms with Crippen LogP contribution in [0.25, 0.3) is 0 Å². The molecule has 2 rings (SSSR count). The summed E-state index contributed by atoms with van der Waals surface area (Å²) in [6, 6.07) is 5.17. The summed E-state index contributed by atoms with van der Waals surface area (Å²) in [4.78, 5) is 25.3. The van der Waals surface area contributed by atoms with Crippen LogP contribution in [0.4, 0.5) is 0 Å². The smallest absolute Gasteiger partial charge is 0.160 e. The minimum atomic E-state index is -0.305. The molecule has 19 heavy (non-hydrogen) atoms. The Morgan fingerprint density at radius 1 is 1.16 bits per heavy atom. The number of hydrogen-bond donors (Lipinski definition) is 1. The summed E-state index contributed by atoms with van der Waals surface area (Å²) in [6.45, 7) is 4.95. The van der Waals surface area contributed by atoms with Gasteiger partial charge in [-0.3, -0.25) is 14.5 Å². The predicted molar refractivity (Wildman–Crippen MR) is 74.2 cm³/mol. The number of carbonyl (C=O) groups excluding carboxylic acids is 2. The van der Waals surface area contributed by atoms with Crippen molar-refractivity contribution in [2.75, 3.05) is 13.1 Å². The molecular formula is C15H20N2O2. The molecule has 0 aromatic heterocycles. The Morgan fingerprint density at radius 2 is 1.79 bits per heavy atom. The van der Waals surface area contributed by atoms with Crippen LogP contribution in [0.5, 0.6) is 0 Å². The molecule has 0 bridgehead atoms. The van der Waals surface area contributed by atoms with E-state index in [0.717, 1.165) is 31.5 Å². The van der Waals surface area contributed by atoms with Crippen molar-refractivity contribution in [3.8, 4) is 0 Å². The van der Waals surface area contributed by atoms with E-state index in [4.69, 9.17) is 5.73 Å². The molecule has 1 heterocycles. The molecule has 1 aromatic rings. The van der Waals surface area contributed by atoms with Crippen LogP contribution in [0, 0.1) is 0 Å². The van der Waals surface area contributed by atoms with Crippen molar-refractivity contribution in [2.24, 2.45) is 5.73 Å². The Kier molecular flexibility index (Phi) is 4.12. The Hall–Kier alpha value is -1.52. The molecule has 1 aliphatic rings. The van der Waals surface area contributed by atoms with Crippen LogP contribution in [-0.2, 0) is 0 Å². The molecule has 1 fully saturated rings. The molecule has 1 aliphatic heterocycles. The third-order valence-electron chi connectivity index (χ3n) is 3.69. The van der Waals surface area contributed by atoms with Crippen LogP contribution < -0.4 is 5.73 Å². The van der Waals surface area contributed by atoms with Crippen LogP contribution in [-0.4, -0.2) is 29.6 Å². The first-order valence-electron chi connectivity index (χ1n) is 6.66. The number of carbonyl (C=O) groups is 2. The predicted octanol–water partition coefficient (Wildman–Crippen LogP) is 2.14. The topological polar surface area (TPSA) is 63.4 Å². The lowest BCUT2D eigenvalue weighted by molar-refractivity contribution is 0.0998. The third-order valence-corrected chi connectivity index (χ3v) is 3.69. The van der Waals surface area contributed by atoms with E-state index in [1.54, 1.807) is 18.2 Å². The second-order valence-corrected chi connectivity index (χ2v) is 5.10. The Bertz CT molecular complexity index is 505. The fraction of sp³-hybridized carbons (Fsp3) is 0.467. The van der Waals surface area contributed by atoms with Crippen molar-refractivity contribution in [2.45, 2.75) is 32.9 Å². The highest BCUT2D eigenvalue weighted by Crippen LogP contribution is 2.25. The highest BCUT2D eigenvalue weighted by Gasteiger charge is 2.23. The summed E-state index contributed by atoms with van der Waals surface area (Å²) < 4.78 is 0. The van der Waals surface area contributed by atoms with Gasteiger partial charge in [0.25, 0.3) is 0 Å². The van der Waals surface area contributed by atoms with Gasteiger partial charge in [-0.15, -0.1) is 0 Å². The zero-order valence-electron chi connectivity index (χ0n) is 11.5. The number of nitrogens with zero attached hydrogens (tertiary/aromatic N) is 1. The van der Waals surface area contributed by atoms with Crippen molar-refractivity contribution in [1.82, 2.24) is 4.90 Å². The van der Waals surface area contributed by atoms with Crippen LogP contribution >= 0.6 is 0 Å². The fourth-order valence-corrected chi connectivity index (χ4v) is 2.56. The van der Waals surface area contributed by atoms with E-state index in [1.807, 2.05) is 0 Å². The minimum Gasteiger partial charge on any atom is -0.312 e.